The molecule has 0 atom stereocenters. The summed E-state index contributed by atoms with van der Waals surface area (Å²) in [6.07, 6.45) is 0.149. The molecular weight excluding hydrogens is 268 g/mol. The number of ether oxygens (including phenoxy) is 1. The minimum absolute atomic E-state index is 0.149. The van der Waals surface area contributed by atoms with Gasteiger partial charge in [-0.2, -0.15) is 0 Å². The Bertz CT molecular complexity index is 594. The number of carbonyl (C=O) groups is 1. The van der Waals surface area contributed by atoms with Crippen LogP contribution >= 0.6 is 0 Å². The Morgan fingerprint density at radius 2 is 1.67 bits per heavy atom. The largest absolute Gasteiger partial charge is 0.491 e. The fourth-order valence-electron chi connectivity index (χ4n) is 1.68. The molecule has 1 aromatic carbocycles. The van der Waals surface area contributed by atoms with Crippen molar-refractivity contribution >= 4 is 23.2 Å². The zero-order valence-electron chi connectivity index (χ0n) is 12.3. The summed E-state index contributed by atoms with van der Waals surface area (Å²) in [7, 11) is 0. The molecule has 0 unspecified atom stereocenters. The fraction of sp³-hybridized carbons (Fsp3) is 0.267. The molecule has 1 amide bonds. The van der Waals surface area contributed by atoms with Crippen LogP contribution in [0.2, 0.25) is 0 Å². The van der Waals surface area contributed by atoms with Crippen molar-refractivity contribution in [2.24, 2.45) is 0 Å². The molecule has 1 heterocycles. The minimum Gasteiger partial charge on any atom is -0.491 e. The van der Waals surface area contributed by atoms with Gasteiger partial charge in [0.15, 0.2) is 11.6 Å². The summed E-state index contributed by atoms with van der Waals surface area (Å²) < 4.78 is 5.58. The van der Waals surface area contributed by atoms with Gasteiger partial charge in [-0.25, -0.2) is 0 Å². The molecule has 0 radical (unpaired) electrons. The van der Waals surface area contributed by atoms with E-state index in [0.717, 1.165) is 11.4 Å². The standard InChI is InChI=1S/C15H18N4O2/c1-10(2)21-13-6-4-12(5-7-13)17-15-9-8-14(18-19-15)16-11(3)20/h4-10H,1-3H3,(H,17,19)(H,16,18,20). The monoisotopic (exact) mass is 286 g/mol. The predicted octanol–water partition coefficient (Wildman–Crippen LogP) is 2.97. The highest BCUT2D eigenvalue weighted by molar-refractivity contribution is 5.87. The molecule has 0 spiro atoms. The number of benzene rings is 1. The molecular formula is C15H18N4O2. The number of nitrogens with zero attached hydrogens (tertiary/aromatic N) is 2. The Morgan fingerprint density at radius 3 is 2.19 bits per heavy atom. The van der Waals surface area contributed by atoms with E-state index >= 15 is 0 Å². The maximum atomic E-state index is 10.9. The highest BCUT2D eigenvalue weighted by Crippen LogP contribution is 2.19. The van der Waals surface area contributed by atoms with Crippen LogP contribution in [0.4, 0.5) is 17.3 Å². The topological polar surface area (TPSA) is 76.1 Å². The van der Waals surface area contributed by atoms with Crippen molar-refractivity contribution in [1.29, 1.82) is 0 Å². The van der Waals surface area contributed by atoms with E-state index in [1.165, 1.54) is 6.92 Å². The second kappa shape index (κ2) is 6.69. The second-order valence-electron chi connectivity index (χ2n) is 4.80. The smallest absolute Gasteiger partial charge is 0.222 e. The van der Waals surface area contributed by atoms with Crippen LogP contribution in [0, 0.1) is 0 Å². The lowest BCUT2D eigenvalue weighted by Crippen LogP contribution is -2.08. The van der Waals surface area contributed by atoms with Gasteiger partial charge in [0.2, 0.25) is 5.91 Å². The third kappa shape index (κ3) is 4.76. The van der Waals surface area contributed by atoms with Gasteiger partial charge in [-0.15, -0.1) is 10.2 Å². The van der Waals surface area contributed by atoms with Gasteiger partial charge in [-0.1, -0.05) is 0 Å². The summed E-state index contributed by atoms with van der Waals surface area (Å²) in [6, 6.07) is 11.0. The van der Waals surface area contributed by atoms with Gasteiger partial charge in [-0.05, 0) is 50.2 Å². The van der Waals surface area contributed by atoms with E-state index in [-0.39, 0.29) is 12.0 Å². The van der Waals surface area contributed by atoms with Crippen molar-refractivity contribution in [1.82, 2.24) is 10.2 Å². The number of anilines is 3. The first-order valence-electron chi connectivity index (χ1n) is 6.68. The van der Waals surface area contributed by atoms with Gasteiger partial charge in [0.25, 0.3) is 0 Å². The zero-order chi connectivity index (χ0) is 15.2. The van der Waals surface area contributed by atoms with Gasteiger partial charge in [-0.3, -0.25) is 4.79 Å². The molecule has 2 rings (SSSR count). The third-order valence-corrected chi connectivity index (χ3v) is 2.47. The molecule has 0 saturated carbocycles. The zero-order valence-corrected chi connectivity index (χ0v) is 12.3. The molecule has 6 heteroatoms. The molecule has 21 heavy (non-hydrogen) atoms. The van der Waals surface area contributed by atoms with E-state index in [1.54, 1.807) is 12.1 Å². The first-order chi connectivity index (χ1) is 10.0. The molecule has 0 aliphatic rings. The predicted molar refractivity (Wildman–Crippen MR) is 81.8 cm³/mol. The number of amides is 1. The normalized spacial score (nSPS) is 10.3. The van der Waals surface area contributed by atoms with Crippen LogP contribution in [0.1, 0.15) is 20.8 Å². The van der Waals surface area contributed by atoms with E-state index in [9.17, 15) is 4.79 Å². The highest BCUT2D eigenvalue weighted by Gasteiger charge is 2.01. The minimum atomic E-state index is -0.175. The molecule has 1 aromatic heterocycles. The van der Waals surface area contributed by atoms with Crippen molar-refractivity contribution in [2.45, 2.75) is 26.9 Å². The summed E-state index contributed by atoms with van der Waals surface area (Å²) in [4.78, 5) is 10.9. The summed E-state index contributed by atoms with van der Waals surface area (Å²) >= 11 is 0. The van der Waals surface area contributed by atoms with E-state index in [2.05, 4.69) is 20.8 Å². The maximum Gasteiger partial charge on any atom is 0.222 e. The molecule has 6 nitrogen and oxygen atoms in total. The lowest BCUT2D eigenvalue weighted by atomic mass is 10.3. The van der Waals surface area contributed by atoms with Gasteiger partial charge in [0.05, 0.1) is 6.10 Å². The van der Waals surface area contributed by atoms with Gasteiger partial charge >= 0.3 is 0 Å². The van der Waals surface area contributed by atoms with Crippen LogP contribution in [0.25, 0.3) is 0 Å². The first kappa shape index (κ1) is 14.8. The van der Waals surface area contributed by atoms with Gasteiger partial charge in [0.1, 0.15) is 5.75 Å². The van der Waals surface area contributed by atoms with Crippen LogP contribution < -0.4 is 15.4 Å². The number of aromatic nitrogens is 2. The molecule has 110 valence electrons. The molecule has 0 bridgehead atoms. The number of hydrogen-bond donors (Lipinski definition) is 2. The van der Waals surface area contributed by atoms with E-state index in [0.29, 0.717) is 11.6 Å². The van der Waals surface area contributed by atoms with Crippen LogP contribution in [0.15, 0.2) is 36.4 Å². The molecule has 0 fully saturated rings. The van der Waals surface area contributed by atoms with Crippen LogP contribution in [-0.4, -0.2) is 22.2 Å². The van der Waals surface area contributed by atoms with Crippen molar-refractivity contribution in [3.05, 3.63) is 36.4 Å². The number of carbonyl (C=O) groups excluding carboxylic acids is 1. The average Bonchev–Trinajstić information content (AvgIpc) is 2.42. The summed E-state index contributed by atoms with van der Waals surface area (Å²) in [5.74, 6) is 1.67. The molecule has 0 saturated heterocycles. The lowest BCUT2D eigenvalue weighted by Gasteiger charge is -2.10. The maximum absolute atomic E-state index is 10.9. The van der Waals surface area contributed by atoms with Crippen LogP contribution in [0.3, 0.4) is 0 Å². The molecule has 0 aliphatic carbocycles. The van der Waals surface area contributed by atoms with E-state index in [4.69, 9.17) is 4.74 Å². The van der Waals surface area contributed by atoms with Gasteiger partial charge < -0.3 is 15.4 Å². The summed E-state index contributed by atoms with van der Waals surface area (Å²) in [5.41, 5.74) is 0.882. The van der Waals surface area contributed by atoms with E-state index in [1.807, 2.05) is 38.1 Å². The lowest BCUT2D eigenvalue weighted by molar-refractivity contribution is -0.114. The van der Waals surface area contributed by atoms with Crippen molar-refractivity contribution in [3.8, 4) is 5.75 Å². The molecule has 2 N–H and O–H groups in total. The third-order valence-electron chi connectivity index (χ3n) is 2.47. The fourth-order valence-corrected chi connectivity index (χ4v) is 1.68. The van der Waals surface area contributed by atoms with Crippen molar-refractivity contribution < 1.29 is 9.53 Å². The Hall–Kier alpha value is -2.63. The highest BCUT2D eigenvalue weighted by atomic mass is 16.5. The Labute approximate surface area is 123 Å². The SMILES string of the molecule is CC(=O)Nc1ccc(Nc2ccc(OC(C)C)cc2)nn1. The molecule has 2 aromatic rings. The Kier molecular flexibility index (Phi) is 4.71. The van der Waals surface area contributed by atoms with Gasteiger partial charge in [0, 0.05) is 12.6 Å². The average molecular weight is 286 g/mol. The number of nitrogens with one attached hydrogen (secondary N) is 2. The summed E-state index contributed by atoms with van der Waals surface area (Å²) in [5, 5.41) is 13.6. The van der Waals surface area contributed by atoms with Crippen LogP contribution in [-0.2, 0) is 4.79 Å². The van der Waals surface area contributed by atoms with E-state index < -0.39 is 0 Å². The first-order valence-corrected chi connectivity index (χ1v) is 6.68. The van der Waals surface area contributed by atoms with Crippen molar-refractivity contribution in [2.75, 3.05) is 10.6 Å². The van der Waals surface area contributed by atoms with Crippen LogP contribution in [0.5, 0.6) is 5.75 Å². The Morgan fingerprint density at radius 1 is 1.05 bits per heavy atom. The number of rotatable bonds is 5. The molecule has 0 aliphatic heterocycles. The Balaban J connectivity index is 1.99. The summed E-state index contributed by atoms with van der Waals surface area (Å²) in [6.45, 7) is 5.39. The van der Waals surface area contributed by atoms with Crippen molar-refractivity contribution in [3.63, 3.8) is 0 Å². The quantitative estimate of drug-likeness (QED) is 0.883. The number of hydrogen-bond acceptors (Lipinski definition) is 5. The second-order valence-corrected chi connectivity index (χ2v) is 4.80.